The van der Waals surface area contributed by atoms with Crippen LogP contribution in [0.5, 0.6) is 0 Å². The van der Waals surface area contributed by atoms with E-state index in [0.29, 0.717) is 31.2 Å². The fourth-order valence-corrected chi connectivity index (χ4v) is 5.00. The summed E-state index contributed by atoms with van der Waals surface area (Å²) in [6, 6.07) is -0.226. The number of anilines is 1. The van der Waals surface area contributed by atoms with Crippen LogP contribution in [0.4, 0.5) is 10.7 Å². The van der Waals surface area contributed by atoms with Gasteiger partial charge in [0.1, 0.15) is 23.6 Å². The molecule has 1 aliphatic carbocycles. The molecule has 4 rings (SSSR count). The van der Waals surface area contributed by atoms with Crippen LogP contribution in [0.2, 0.25) is 0 Å². The van der Waals surface area contributed by atoms with Crippen LogP contribution in [0.25, 0.3) is 0 Å². The van der Waals surface area contributed by atoms with Gasteiger partial charge >= 0.3 is 6.09 Å². The van der Waals surface area contributed by atoms with E-state index in [4.69, 9.17) is 19.2 Å². The Morgan fingerprint density at radius 2 is 1.72 bits per heavy atom. The number of amidine groups is 1. The van der Waals surface area contributed by atoms with Gasteiger partial charge in [-0.05, 0) is 88.0 Å². The molecule has 2 fully saturated rings. The largest absolute Gasteiger partial charge is 0.443 e. The number of likely N-dealkylation sites (N-methyl/N-ethyl adjacent to an activating group) is 2. The number of morpholine rings is 1. The molecule has 0 spiro atoms. The third-order valence-electron chi connectivity index (χ3n) is 7.64. The number of aromatic nitrogens is 2. The second-order valence-electron chi connectivity index (χ2n) is 14.2. The van der Waals surface area contributed by atoms with E-state index >= 15 is 0 Å². The summed E-state index contributed by atoms with van der Waals surface area (Å²) in [5.74, 6) is 1.54. The van der Waals surface area contributed by atoms with Gasteiger partial charge in [0.25, 0.3) is 0 Å². The van der Waals surface area contributed by atoms with E-state index in [1.807, 2.05) is 34.7 Å². The zero-order chi connectivity index (χ0) is 35.5. The van der Waals surface area contributed by atoms with Gasteiger partial charge in [-0.2, -0.15) is 4.90 Å². The van der Waals surface area contributed by atoms with E-state index in [1.165, 1.54) is 19.3 Å². The lowest BCUT2D eigenvalue weighted by Gasteiger charge is -2.48. The third kappa shape index (κ3) is 12.2. The molecule has 2 amide bonds. The maximum absolute atomic E-state index is 12.6. The summed E-state index contributed by atoms with van der Waals surface area (Å²) in [5, 5.41) is 0. The molecule has 1 saturated carbocycles. The number of imide groups is 1. The molecule has 1 saturated heterocycles. The summed E-state index contributed by atoms with van der Waals surface area (Å²) < 4.78 is 15.9. The molecule has 2 aliphatic heterocycles. The molecule has 3 heterocycles. The number of carbonyl (C=O) groups excluding carboxylic acids is 2. The van der Waals surface area contributed by atoms with Crippen molar-refractivity contribution in [3.8, 4) is 0 Å². The lowest BCUT2D eigenvalue weighted by atomic mass is 10.0. The zero-order valence-corrected chi connectivity index (χ0v) is 30.9. The number of aryl methyl sites for hydroxylation is 1. The Hall–Kier alpha value is -3.00. The van der Waals surface area contributed by atoms with Gasteiger partial charge in [-0.3, -0.25) is 19.6 Å². The number of aliphatic imine (C=N–C) groups is 2. The molecule has 1 aromatic rings. The normalized spacial score (nSPS) is 21.9. The quantitative estimate of drug-likeness (QED) is 0.293. The molecular weight excluding hydrogens is 600 g/mol. The van der Waals surface area contributed by atoms with Crippen molar-refractivity contribution in [1.29, 1.82) is 0 Å². The Morgan fingerprint density at radius 1 is 1.15 bits per heavy atom. The number of ether oxygens (including phenoxy) is 3. The van der Waals surface area contributed by atoms with Crippen molar-refractivity contribution in [3.63, 3.8) is 0 Å². The fourth-order valence-electron chi connectivity index (χ4n) is 5.00. The molecule has 266 valence electrons. The summed E-state index contributed by atoms with van der Waals surface area (Å²) >= 11 is 0. The van der Waals surface area contributed by atoms with E-state index in [1.54, 1.807) is 34.1 Å². The molecule has 3 aliphatic rings. The average molecular weight is 661 g/mol. The minimum Gasteiger partial charge on any atom is -0.443 e. The van der Waals surface area contributed by atoms with Crippen LogP contribution in [0.1, 0.15) is 92.1 Å². The lowest BCUT2D eigenvalue weighted by molar-refractivity contribution is -0.107. The van der Waals surface area contributed by atoms with Gasteiger partial charge in [-0.1, -0.05) is 20.3 Å². The van der Waals surface area contributed by atoms with Gasteiger partial charge in [0.05, 0.1) is 25.0 Å². The monoisotopic (exact) mass is 660 g/mol. The third-order valence-corrected chi connectivity index (χ3v) is 7.64. The molecule has 0 N–H and O–H groups in total. The van der Waals surface area contributed by atoms with Gasteiger partial charge in [-0.15, -0.1) is 0 Å². The molecule has 47 heavy (non-hydrogen) atoms. The maximum atomic E-state index is 12.6. The van der Waals surface area contributed by atoms with Crippen LogP contribution >= 0.6 is 0 Å². The SMILES string of the molecule is C=NC1C(N2CCOCC2)=NC(c2cnc(N(C=O)C(=O)OC(C)(C)C)nc2C)N(C)C1N(C)CC1CC1.CCC.COC(C)(C)C. The van der Waals surface area contributed by atoms with Crippen molar-refractivity contribution in [3.05, 3.63) is 17.5 Å². The van der Waals surface area contributed by atoms with E-state index in [2.05, 4.69) is 57.3 Å². The molecule has 13 nitrogen and oxygen atoms in total. The lowest BCUT2D eigenvalue weighted by Crippen LogP contribution is -2.62. The van der Waals surface area contributed by atoms with Gasteiger partial charge in [0, 0.05) is 44.2 Å². The highest BCUT2D eigenvalue weighted by Crippen LogP contribution is 2.36. The van der Waals surface area contributed by atoms with Gasteiger partial charge in [0.15, 0.2) is 0 Å². The predicted molar refractivity (Wildman–Crippen MR) is 187 cm³/mol. The first kappa shape index (κ1) is 40.2. The second kappa shape index (κ2) is 18.0. The molecule has 0 aromatic carbocycles. The van der Waals surface area contributed by atoms with Crippen molar-refractivity contribution < 1.29 is 23.8 Å². The van der Waals surface area contributed by atoms with E-state index < -0.39 is 17.9 Å². The summed E-state index contributed by atoms with van der Waals surface area (Å²) in [7, 11) is 5.87. The van der Waals surface area contributed by atoms with Crippen LogP contribution in [0, 0.1) is 12.8 Å². The van der Waals surface area contributed by atoms with Crippen molar-refractivity contribution in [2.24, 2.45) is 15.9 Å². The van der Waals surface area contributed by atoms with Crippen molar-refractivity contribution in [2.45, 2.75) is 111 Å². The topological polar surface area (TPSA) is 125 Å². The number of amides is 2. The first-order valence-corrected chi connectivity index (χ1v) is 16.7. The van der Waals surface area contributed by atoms with Crippen molar-refractivity contribution in [2.75, 3.05) is 59.0 Å². The Bertz CT molecular complexity index is 1190. The summed E-state index contributed by atoms with van der Waals surface area (Å²) in [5.41, 5.74) is 0.672. The second-order valence-corrected chi connectivity index (χ2v) is 14.2. The summed E-state index contributed by atoms with van der Waals surface area (Å²) in [6.45, 7) is 25.0. The minimum absolute atomic E-state index is 0.0417. The van der Waals surface area contributed by atoms with E-state index in [-0.39, 0.29) is 23.8 Å². The van der Waals surface area contributed by atoms with Gasteiger partial charge < -0.3 is 19.1 Å². The highest BCUT2D eigenvalue weighted by atomic mass is 16.6. The molecule has 1 aromatic heterocycles. The standard InChI is InChI=1S/C26H40N8O4.C5H12O.C3H8/c1-17-19(14-28-24(29-17)34(16-35)25(36)38-26(2,3)4)21-30-22(33-10-12-37-13-11-33)20(27-5)23(32(21)7)31(6)15-18-8-9-18;1-5(2,3)6-4;1-3-2/h14,16,18,20-21,23H,5,8-13,15H2,1-4,6-7H3;1-4H3;3H2,1-2H3. The van der Waals surface area contributed by atoms with Crippen molar-refractivity contribution in [1.82, 2.24) is 24.7 Å². The Labute approximate surface area is 282 Å². The van der Waals surface area contributed by atoms with Crippen LogP contribution in [0.15, 0.2) is 16.2 Å². The van der Waals surface area contributed by atoms with Crippen LogP contribution in [-0.4, -0.2) is 127 Å². The summed E-state index contributed by atoms with van der Waals surface area (Å²) in [4.78, 5) is 50.5. The minimum atomic E-state index is -0.830. The smallest absolute Gasteiger partial charge is 0.424 e. The Kier molecular flexibility index (Phi) is 15.3. The molecule has 3 atom stereocenters. The number of methoxy groups -OCH3 is 1. The van der Waals surface area contributed by atoms with Crippen molar-refractivity contribution >= 4 is 31.0 Å². The van der Waals surface area contributed by atoms with E-state index in [9.17, 15) is 9.59 Å². The molecule has 13 heteroatoms. The predicted octanol–water partition coefficient (Wildman–Crippen LogP) is 4.94. The highest BCUT2D eigenvalue weighted by molar-refractivity contribution is 6.01. The molecule has 0 bridgehead atoms. The Balaban J connectivity index is 0.000000756. The first-order chi connectivity index (χ1) is 22.0. The van der Waals surface area contributed by atoms with Crippen LogP contribution < -0.4 is 4.90 Å². The number of hydrogen-bond donors (Lipinski definition) is 0. The Morgan fingerprint density at radius 3 is 2.17 bits per heavy atom. The molecule has 0 radical (unpaired) electrons. The fraction of sp³-hybridized carbons (Fsp3) is 0.765. The number of carbonyl (C=O) groups is 2. The summed E-state index contributed by atoms with van der Waals surface area (Å²) in [6.07, 6.45) is 4.47. The van der Waals surface area contributed by atoms with Crippen LogP contribution in [-0.2, 0) is 19.0 Å². The number of hydrogen-bond acceptors (Lipinski definition) is 12. The van der Waals surface area contributed by atoms with E-state index in [0.717, 1.165) is 35.9 Å². The maximum Gasteiger partial charge on any atom is 0.424 e. The average Bonchev–Trinajstić information content (AvgIpc) is 3.81. The first-order valence-electron chi connectivity index (χ1n) is 16.7. The zero-order valence-electron chi connectivity index (χ0n) is 30.9. The number of nitrogens with zero attached hydrogens (tertiary/aromatic N) is 8. The number of rotatable bonds is 7. The van der Waals surface area contributed by atoms with Gasteiger partial charge in [0.2, 0.25) is 12.4 Å². The highest BCUT2D eigenvalue weighted by Gasteiger charge is 2.44. The van der Waals surface area contributed by atoms with Gasteiger partial charge in [-0.25, -0.2) is 19.8 Å². The van der Waals surface area contributed by atoms with Crippen LogP contribution in [0.3, 0.4) is 0 Å². The molecule has 3 unspecified atom stereocenters. The molecular formula is C34H60N8O5.